The van der Waals surface area contributed by atoms with Crippen molar-refractivity contribution < 1.29 is 18.3 Å². The predicted octanol–water partition coefficient (Wildman–Crippen LogP) is 0.425. The number of aliphatic carboxylic acids is 1. The maximum Gasteiger partial charge on any atom is 0.307 e. The number of carboxylic acids is 1. The lowest BCUT2D eigenvalue weighted by molar-refractivity contribution is -0.142. The van der Waals surface area contributed by atoms with Crippen LogP contribution in [0.4, 0.5) is 5.82 Å². The van der Waals surface area contributed by atoms with E-state index in [-0.39, 0.29) is 12.4 Å². The largest absolute Gasteiger partial charge is 0.481 e. The molecule has 1 atom stereocenters. The van der Waals surface area contributed by atoms with Gasteiger partial charge in [-0.25, -0.2) is 0 Å². The summed E-state index contributed by atoms with van der Waals surface area (Å²) in [5, 5.41) is 15.6. The summed E-state index contributed by atoms with van der Waals surface area (Å²) >= 11 is 0. The van der Waals surface area contributed by atoms with E-state index in [9.17, 15) is 13.2 Å². The fourth-order valence-electron chi connectivity index (χ4n) is 2.15. The molecule has 9 heteroatoms. The lowest BCUT2D eigenvalue weighted by Crippen LogP contribution is -2.44. The molecule has 2 rings (SSSR count). The number of rotatable bonds is 5. The molecule has 3 N–H and O–H groups in total. The Kier molecular flexibility index (Phi) is 4.29. The van der Waals surface area contributed by atoms with Gasteiger partial charge in [0, 0.05) is 24.8 Å². The van der Waals surface area contributed by atoms with Crippen LogP contribution >= 0.6 is 0 Å². The number of hydrogen-bond donors (Lipinski definition) is 3. The van der Waals surface area contributed by atoms with Crippen LogP contribution in [0.2, 0.25) is 0 Å². The van der Waals surface area contributed by atoms with Crippen molar-refractivity contribution in [3.05, 3.63) is 11.8 Å². The Balaban J connectivity index is 2.07. The van der Waals surface area contributed by atoms with E-state index in [1.54, 1.807) is 6.07 Å². The molecule has 1 aliphatic rings. The molecule has 0 aromatic carbocycles. The quantitative estimate of drug-likeness (QED) is 0.729. The number of piperidine rings is 1. The molecule has 0 aliphatic carbocycles. The van der Waals surface area contributed by atoms with Crippen LogP contribution in [0.5, 0.6) is 0 Å². The lowest BCUT2D eigenvalue weighted by Gasteiger charge is -2.29. The number of anilines is 1. The van der Waals surface area contributed by atoms with Gasteiger partial charge in [-0.1, -0.05) is 6.92 Å². The highest BCUT2D eigenvalue weighted by Crippen LogP contribution is 2.20. The Labute approximate surface area is 117 Å². The molecular formula is C11H18N4O4S. The first kappa shape index (κ1) is 14.8. The van der Waals surface area contributed by atoms with E-state index < -0.39 is 22.1 Å². The molecule has 1 aromatic heterocycles. The third-order valence-electron chi connectivity index (χ3n) is 3.32. The average molecular weight is 302 g/mol. The van der Waals surface area contributed by atoms with E-state index in [2.05, 4.69) is 14.9 Å². The summed E-state index contributed by atoms with van der Waals surface area (Å²) in [5.74, 6) is -1.39. The second kappa shape index (κ2) is 5.80. The molecule has 2 heterocycles. The van der Waals surface area contributed by atoms with Crippen LogP contribution in [0.3, 0.4) is 0 Å². The molecule has 1 aromatic rings. The maximum absolute atomic E-state index is 12.2. The van der Waals surface area contributed by atoms with Gasteiger partial charge in [0.2, 0.25) is 0 Å². The Morgan fingerprint density at radius 2 is 2.40 bits per heavy atom. The van der Waals surface area contributed by atoms with Crippen LogP contribution in [-0.2, 0) is 21.4 Å². The zero-order chi connectivity index (χ0) is 14.8. The minimum Gasteiger partial charge on any atom is -0.481 e. The molecule has 1 fully saturated rings. The minimum absolute atomic E-state index is 0.00424. The van der Waals surface area contributed by atoms with Crippen LogP contribution in [-0.4, -0.2) is 47.1 Å². The van der Waals surface area contributed by atoms with Gasteiger partial charge in [-0.3, -0.25) is 14.6 Å². The van der Waals surface area contributed by atoms with Crippen molar-refractivity contribution in [2.75, 3.05) is 17.8 Å². The normalized spacial score (nSPS) is 20.8. The molecule has 20 heavy (non-hydrogen) atoms. The van der Waals surface area contributed by atoms with Gasteiger partial charge in [0.1, 0.15) is 0 Å². The Bertz CT molecular complexity index is 583. The molecule has 0 amide bonds. The van der Waals surface area contributed by atoms with E-state index in [1.807, 2.05) is 6.92 Å². The van der Waals surface area contributed by atoms with Crippen molar-refractivity contribution in [3.63, 3.8) is 0 Å². The van der Waals surface area contributed by atoms with Gasteiger partial charge >= 0.3 is 16.2 Å². The molecular weight excluding hydrogens is 284 g/mol. The molecule has 1 saturated heterocycles. The summed E-state index contributed by atoms with van der Waals surface area (Å²) in [6.07, 6.45) is 1.77. The molecule has 0 radical (unpaired) electrons. The van der Waals surface area contributed by atoms with Gasteiger partial charge in [0.05, 0.1) is 5.92 Å². The van der Waals surface area contributed by atoms with Gasteiger partial charge in [0.25, 0.3) is 0 Å². The predicted molar refractivity (Wildman–Crippen MR) is 72.4 cm³/mol. The molecule has 8 nitrogen and oxygen atoms in total. The summed E-state index contributed by atoms with van der Waals surface area (Å²) in [4.78, 5) is 11.0. The molecule has 112 valence electrons. The first-order valence-corrected chi connectivity index (χ1v) is 7.91. The third kappa shape index (κ3) is 3.28. The van der Waals surface area contributed by atoms with Crippen LogP contribution in [0.1, 0.15) is 25.5 Å². The minimum atomic E-state index is -3.76. The van der Waals surface area contributed by atoms with E-state index in [0.29, 0.717) is 19.4 Å². The fourth-order valence-corrected chi connectivity index (χ4v) is 3.40. The SMILES string of the molecule is CCc1cc(NS(=O)(=O)N2CCCC(C(=O)O)C2)n[nH]1. The standard InChI is InChI=1S/C11H18N4O4S/c1-2-9-6-10(13-12-9)14-20(18,19)15-5-3-4-8(7-15)11(16)17/h6,8H,2-5,7H2,1H3,(H,16,17)(H2,12,13,14). The lowest BCUT2D eigenvalue weighted by atomic mass is 10.0. The van der Waals surface area contributed by atoms with Crippen molar-refractivity contribution >= 4 is 22.0 Å². The highest BCUT2D eigenvalue weighted by atomic mass is 32.2. The Morgan fingerprint density at radius 1 is 1.65 bits per heavy atom. The second-order valence-corrected chi connectivity index (χ2v) is 6.45. The number of carboxylic acid groups (broad SMARTS) is 1. The van der Waals surface area contributed by atoms with Gasteiger partial charge < -0.3 is 5.11 Å². The summed E-state index contributed by atoms with van der Waals surface area (Å²) < 4.78 is 27.9. The van der Waals surface area contributed by atoms with Gasteiger partial charge in [-0.05, 0) is 19.3 Å². The first-order chi connectivity index (χ1) is 9.42. The number of aromatic amines is 1. The number of nitrogens with zero attached hydrogens (tertiary/aromatic N) is 2. The second-order valence-electron chi connectivity index (χ2n) is 4.77. The highest BCUT2D eigenvalue weighted by Gasteiger charge is 2.32. The van der Waals surface area contributed by atoms with E-state index in [1.165, 1.54) is 0 Å². The monoisotopic (exact) mass is 302 g/mol. The van der Waals surface area contributed by atoms with Crippen molar-refractivity contribution in [1.29, 1.82) is 0 Å². The van der Waals surface area contributed by atoms with Crippen molar-refractivity contribution in [3.8, 4) is 0 Å². The number of hydrogen-bond acceptors (Lipinski definition) is 4. The topological polar surface area (TPSA) is 115 Å². The van der Waals surface area contributed by atoms with Crippen LogP contribution in [0.25, 0.3) is 0 Å². The number of carbonyl (C=O) groups is 1. The van der Waals surface area contributed by atoms with Crippen LogP contribution in [0.15, 0.2) is 6.07 Å². The summed E-state index contributed by atoms with van der Waals surface area (Å²) in [6.45, 7) is 2.24. The van der Waals surface area contributed by atoms with Crippen LogP contribution in [0, 0.1) is 5.92 Å². The first-order valence-electron chi connectivity index (χ1n) is 6.47. The number of nitrogens with one attached hydrogen (secondary N) is 2. The summed E-state index contributed by atoms with van der Waals surface area (Å²) in [6, 6.07) is 1.62. The number of aromatic nitrogens is 2. The van der Waals surface area contributed by atoms with Crippen molar-refractivity contribution in [2.24, 2.45) is 5.92 Å². The molecule has 1 unspecified atom stereocenters. The Morgan fingerprint density at radius 3 is 3.00 bits per heavy atom. The van der Waals surface area contributed by atoms with Crippen LogP contribution < -0.4 is 4.72 Å². The molecule has 0 bridgehead atoms. The highest BCUT2D eigenvalue weighted by molar-refractivity contribution is 7.90. The molecule has 0 spiro atoms. The van der Waals surface area contributed by atoms with E-state index in [4.69, 9.17) is 5.11 Å². The number of H-pyrrole nitrogens is 1. The van der Waals surface area contributed by atoms with E-state index in [0.717, 1.165) is 16.4 Å². The van der Waals surface area contributed by atoms with Crippen molar-refractivity contribution in [1.82, 2.24) is 14.5 Å². The maximum atomic E-state index is 12.2. The number of aryl methyl sites for hydroxylation is 1. The van der Waals surface area contributed by atoms with Gasteiger partial charge in [0.15, 0.2) is 5.82 Å². The van der Waals surface area contributed by atoms with Gasteiger partial charge in [-0.2, -0.15) is 17.8 Å². The zero-order valence-corrected chi connectivity index (χ0v) is 12.0. The molecule has 0 saturated carbocycles. The van der Waals surface area contributed by atoms with Gasteiger partial charge in [-0.15, -0.1) is 0 Å². The Hall–Kier alpha value is -1.61. The zero-order valence-electron chi connectivity index (χ0n) is 11.2. The summed E-state index contributed by atoms with van der Waals surface area (Å²) in [7, 11) is -3.76. The van der Waals surface area contributed by atoms with Crippen molar-refractivity contribution in [2.45, 2.75) is 26.2 Å². The molecule has 1 aliphatic heterocycles. The smallest absolute Gasteiger partial charge is 0.307 e. The fraction of sp³-hybridized carbons (Fsp3) is 0.636. The third-order valence-corrected chi connectivity index (χ3v) is 4.80. The average Bonchev–Trinajstić information content (AvgIpc) is 2.86. The van der Waals surface area contributed by atoms with E-state index >= 15 is 0 Å². The summed E-state index contributed by atoms with van der Waals surface area (Å²) in [5.41, 5.74) is 0.824.